The third-order valence-corrected chi connectivity index (χ3v) is 5.46. The average Bonchev–Trinajstić information content (AvgIpc) is 2.31. The van der Waals surface area contributed by atoms with Crippen LogP contribution in [0.4, 0.5) is 10.1 Å². The molecule has 0 bridgehead atoms. The number of nitrogen functional groups attached to an aromatic ring is 1. The Morgan fingerprint density at radius 3 is 2.43 bits per heavy atom. The Morgan fingerprint density at radius 1 is 1.38 bits per heavy atom. The van der Waals surface area contributed by atoms with Crippen molar-refractivity contribution in [3.63, 3.8) is 0 Å². The molecule has 1 unspecified atom stereocenters. The second-order valence-corrected chi connectivity index (χ2v) is 8.07. The molecule has 0 fully saturated rings. The highest BCUT2D eigenvalue weighted by atomic mass is 79.9. The summed E-state index contributed by atoms with van der Waals surface area (Å²) in [5.41, 5.74) is 5.26. The van der Waals surface area contributed by atoms with Crippen LogP contribution in [0.2, 0.25) is 0 Å². The summed E-state index contributed by atoms with van der Waals surface area (Å²) in [4.78, 5) is 1.84. The number of halogens is 2. The number of rotatable bonds is 6. The highest BCUT2D eigenvalue weighted by Gasteiger charge is 2.25. The number of hydrogen-bond acceptors (Lipinski definition) is 4. The Kier molecular flexibility index (Phi) is 6.15. The second kappa shape index (κ2) is 7.04. The first kappa shape index (κ1) is 18.3. The highest BCUT2D eigenvalue weighted by Crippen LogP contribution is 2.27. The minimum absolute atomic E-state index is 0.0641. The molecule has 0 radical (unpaired) electrons. The molecule has 0 aromatic heterocycles. The second-order valence-electron chi connectivity index (χ2n) is 5.54. The monoisotopic (exact) mass is 381 g/mol. The third-order valence-electron chi connectivity index (χ3n) is 3.01. The molecule has 1 rings (SSSR count). The van der Waals surface area contributed by atoms with Gasteiger partial charge in [0.25, 0.3) is 0 Å². The fraction of sp³-hybridized carbons (Fsp3) is 0.538. The molecule has 1 atom stereocenters. The van der Waals surface area contributed by atoms with E-state index in [9.17, 15) is 12.8 Å². The van der Waals surface area contributed by atoms with Gasteiger partial charge in [-0.1, -0.05) is 13.8 Å². The van der Waals surface area contributed by atoms with E-state index in [2.05, 4.69) is 20.7 Å². The Balaban J connectivity index is 3.13. The predicted molar refractivity (Wildman–Crippen MR) is 86.0 cm³/mol. The number of sulfonamides is 1. The van der Waals surface area contributed by atoms with Gasteiger partial charge >= 0.3 is 0 Å². The van der Waals surface area contributed by atoms with Gasteiger partial charge in [0, 0.05) is 17.1 Å². The molecule has 8 heteroatoms. The molecule has 120 valence electrons. The van der Waals surface area contributed by atoms with Gasteiger partial charge in [-0.2, -0.15) is 0 Å². The Hall–Kier alpha value is -0.700. The molecule has 0 aliphatic carbocycles. The van der Waals surface area contributed by atoms with E-state index in [0.717, 1.165) is 12.1 Å². The Labute approximate surface area is 133 Å². The van der Waals surface area contributed by atoms with Crippen molar-refractivity contribution in [3.05, 3.63) is 22.4 Å². The first-order chi connectivity index (χ1) is 9.54. The summed E-state index contributed by atoms with van der Waals surface area (Å²) in [6, 6.07) is 1.91. The van der Waals surface area contributed by atoms with E-state index in [-0.39, 0.29) is 27.0 Å². The van der Waals surface area contributed by atoms with Crippen molar-refractivity contribution in [1.82, 2.24) is 9.62 Å². The van der Waals surface area contributed by atoms with E-state index in [1.54, 1.807) is 0 Å². The lowest BCUT2D eigenvalue weighted by molar-refractivity contribution is 0.314. The summed E-state index contributed by atoms with van der Waals surface area (Å²) in [5.74, 6) is -0.548. The predicted octanol–water partition coefficient (Wildman–Crippen LogP) is 2.03. The van der Waals surface area contributed by atoms with Gasteiger partial charge in [-0.3, -0.25) is 0 Å². The largest absolute Gasteiger partial charge is 0.396 e. The smallest absolute Gasteiger partial charge is 0.242 e. The normalized spacial score (nSPS) is 13.9. The molecule has 0 heterocycles. The lowest BCUT2D eigenvalue weighted by Gasteiger charge is -2.25. The minimum atomic E-state index is -3.79. The Morgan fingerprint density at radius 2 is 1.95 bits per heavy atom. The number of likely N-dealkylation sites (N-methyl/N-ethyl adjacent to an activating group) is 1. The first-order valence-electron chi connectivity index (χ1n) is 6.46. The van der Waals surface area contributed by atoms with Crippen molar-refractivity contribution >= 4 is 31.6 Å². The van der Waals surface area contributed by atoms with Crippen molar-refractivity contribution in [2.75, 3.05) is 26.4 Å². The van der Waals surface area contributed by atoms with Gasteiger partial charge < -0.3 is 10.6 Å². The molecule has 0 spiro atoms. The number of nitrogens with one attached hydrogen (secondary N) is 1. The van der Waals surface area contributed by atoms with E-state index < -0.39 is 15.8 Å². The molecule has 0 amide bonds. The van der Waals surface area contributed by atoms with Crippen LogP contribution in [0.25, 0.3) is 0 Å². The van der Waals surface area contributed by atoms with Crippen molar-refractivity contribution in [2.24, 2.45) is 5.92 Å². The zero-order valence-electron chi connectivity index (χ0n) is 12.5. The van der Waals surface area contributed by atoms with E-state index in [4.69, 9.17) is 5.73 Å². The van der Waals surface area contributed by atoms with Crippen LogP contribution in [-0.4, -0.2) is 40.0 Å². The van der Waals surface area contributed by atoms with E-state index in [0.29, 0.717) is 6.54 Å². The molecule has 21 heavy (non-hydrogen) atoms. The van der Waals surface area contributed by atoms with Crippen LogP contribution in [0.1, 0.15) is 13.8 Å². The van der Waals surface area contributed by atoms with E-state index in [1.165, 1.54) is 0 Å². The van der Waals surface area contributed by atoms with Crippen molar-refractivity contribution in [1.29, 1.82) is 0 Å². The fourth-order valence-electron chi connectivity index (χ4n) is 1.79. The van der Waals surface area contributed by atoms with Gasteiger partial charge in [-0.25, -0.2) is 17.5 Å². The van der Waals surface area contributed by atoms with Crippen LogP contribution < -0.4 is 10.5 Å². The summed E-state index contributed by atoms with van der Waals surface area (Å²) in [7, 11) is -0.0493. The van der Waals surface area contributed by atoms with Crippen LogP contribution in [0, 0.1) is 11.7 Å². The van der Waals surface area contributed by atoms with Crippen LogP contribution in [0.5, 0.6) is 0 Å². The maximum atomic E-state index is 13.3. The molecule has 0 aliphatic rings. The first-order valence-corrected chi connectivity index (χ1v) is 8.73. The lowest BCUT2D eigenvalue weighted by atomic mass is 10.1. The van der Waals surface area contributed by atoms with Gasteiger partial charge in [0.1, 0.15) is 5.82 Å². The summed E-state index contributed by atoms with van der Waals surface area (Å²) >= 11 is 3.07. The molecule has 5 nitrogen and oxygen atoms in total. The number of hydrogen-bond donors (Lipinski definition) is 2. The maximum Gasteiger partial charge on any atom is 0.242 e. The number of benzene rings is 1. The molecule has 1 aromatic carbocycles. The number of nitrogens with two attached hydrogens (primary N) is 1. The minimum Gasteiger partial charge on any atom is -0.396 e. The quantitative estimate of drug-likeness (QED) is 0.739. The van der Waals surface area contributed by atoms with Crippen LogP contribution in [-0.2, 0) is 10.0 Å². The zero-order chi connectivity index (χ0) is 16.4. The summed E-state index contributed by atoms with van der Waals surface area (Å²) < 4.78 is 41.1. The Bertz CT molecular complexity index is 606. The van der Waals surface area contributed by atoms with Gasteiger partial charge in [0.05, 0.1) is 10.6 Å². The van der Waals surface area contributed by atoms with Crippen molar-refractivity contribution < 1.29 is 12.8 Å². The molecule has 3 N–H and O–H groups in total. The molecule has 1 aromatic rings. The summed E-state index contributed by atoms with van der Waals surface area (Å²) in [6.07, 6.45) is 0. The van der Waals surface area contributed by atoms with E-state index in [1.807, 2.05) is 32.8 Å². The summed E-state index contributed by atoms with van der Waals surface area (Å²) in [5, 5.41) is 0. The van der Waals surface area contributed by atoms with Crippen molar-refractivity contribution in [3.8, 4) is 0 Å². The third kappa shape index (κ3) is 4.91. The summed E-state index contributed by atoms with van der Waals surface area (Å²) in [6.45, 7) is 4.43. The maximum absolute atomic E-state index is 13.3. The topological polar surface area (TPSA) is 75.4 Å². The average molecular weight is 382 g/mol. The van der Waals surface area contributed by atoms with Crippen LogP contribution >= 0.6 is 15.9 Å². The number of anilines is 1. The molecular formula is C13H21BrFN3O2S. The molecule has 0 aliphatic heterocycles. The molecular weight excluding hydrogens is 361 g/mol. The molecule has 0 saturated carbocycles. The van der Waals surface area contributed by atoms with Crippen LogP contribution in [0.15, 0.2) is 21.5 Å². The number of nitrogens with zero attached hydrogens (tertiary/aromatic N) is 1. The van der Waals surface area contributed by atoms with Gasteiger partial charge in [-0.15, -0.1) is 0 Å². The zero-order valence-corrected chi connectivity index (χ0v) is 14.9. The van der Waals surface area contributed by atoms with Crippen molar-refractivity contribution in [2.45, 2.75) is 24.8 Å². The SMILES string of the molecule is CC(C)C(CN(C)C)NS(=O)(=O)c1cc(N)c(F)cc1Br. The van der Waals surface area contributed by atoms with Gasteiger partial charge in [-0.05, 0) is 48.1 Å². The lowest BCUT2D eigenvalue weighted by Crippen LogP contribution is -2.45. The van der Waals surface area contributed by atoms with E-state index >= 15 is 0 Å². The van der Waals surface area contributed by atoms with Gasteiger partial charge in [0.15, 0.2) is 0 Å². The molecule has 0 saturated heterocycles. The van der Waals surface area contributed by atoms with Crippen LogP contribution in [0.3, 0.4) is 0 Å². The standard InChI is InChI=1S/C13H21BrFN3O2S/c1-8(2)12(7-18(3)4)17-21(19,20)13-6-11(16)10(15)5-9(13)14/h5-6,8,12,17H,7,16H2,1-4H3. The van der Waals surface area contributed by atoms with Gasteiger partial charge in [0.2, 0.25) is 10.0 Å². The highest BCUT2D eigenvalue weighted by molar-refractivity contribution is 9.10. The fourth-order valence-corrected chi connectivity index (χ4v) is 4.22.